The van der Waals surface area contributed by atoms with Crippen LogP contribution in [-0.2, 0) is 21.0 Å². The summed E-state index contributed by atoms with van der Waals surface area (Å²) in [5.74, 6) is -0.568. The third-order valence-electron chi connectivity index (χ3n) is 4.71. The van der Waals surface area contributed by atoms with Crippen LogP contribution >= 0.6 is 0 Å². The van der Waals surface area contributed by atoms with E-state index >= 15 is 0 Å². The molecule has 1 unspecified atom stereocenters. The zero-order chi connectivity index (χ0) is 20.7. The van der Waals surface area contributed by atoms with Gasteiger partial charge in [0.2, 0.25) is 15.9 Å². The molecule has 0 saturated carbocycles. The molecule has 0 aromatic heterocycles. The normalized spacial score (nSPS) is 19.1. The molecule has 0 aliphatic carbocycles. The molecule has 1 heterocycles. The monoisotopic (exact) mass is 412 g/mol. The molecule has 1 atom stereocenters. The van der Waals surface area contributed by atoms with Crippen LogP contribution in [-0.4, -0.2) is 37.8 Å². The third kappa shape index (κ3) is 3.77. The fourth-order valence-corrected chi connectivity index (χ4v) is 4.71. The van der Waals surface area contributed by atoms with Gasteiger partial charge in [0, 0.05) is 18.8 Å². The van der Waals surface area contributed by atoms with Gasteiger partial charge in [0.05, 0.1) is 10.5 Å². The second-order valence-electron chi connectivity index (χ2n) is 6.64. The van der Waals surface area contributed by atoms with Crippen LogP contribution in [0.4, 0.5) is 18.9 Å². The van der Waals surface area contributed by atoms with Gasteiger partial charge in [-0.25, -0.2) is 8.42 Å². The molecule has 9 heteroatoms. The fourth-order valence-electron chi connectivity index (χ4n) is 3.13. The highest BCUT2D eigenvalue weighted by Crippen LogP contribution is 2.33. The van der Waals surface area contributed by atoms with Crippen molar-refractivity contribution in [3.63, 3.8) is 0 Å². The summed E-state index contributed by atoms with van der Waals surface area (Å²) in [6, 6.07) is 9.70. The molecule has 150 valence electrons. The van der Waals surface area contributed by atoms with Gasteiger partial charge in [0.1, 0.15) is 6.04 Å². The van der Waals surface area contributed by atoms with Gasteiger partial charge < -0.3 is 4.90 Å². The molecule has 2 aromatic rings. The number of halogens is 3. The average molecular weight is 412 g/mol. The Morgan fingerprint density at radius 1 is 1.04 bits per heavy atom. The predicted octanol–water partition coefficient (Wildman–Crippen LogP) is 3.44. The summed E-state index contributed by atoms with van der Waals surface area (Å²) in [5.41, 5.74) is 0.136. The fraction of sp³-hybridized carbons (Fsp3) is 0.316. The van der Waals surface area contributed by atoms with Crippen LogP contribution in [0.1, 0.15) is 18.1 Å². The molecule has 0 radical (unpaired) electrons. The molecule has 3 rings (SSSR count). The lowest BCUT2D eigenvalue weighted by molar-refractivity contribution is -0.137. The number of anilines is 1. The highest BCUT2D eigenvalue weighted by molar-refractivity contribution is 7.89. The number of aryl methyl sites for hydroxylation is 1. The van der Waals surface area contributed by atoms with E-state index in [-0.39, 0.29) is 23.7 Å². The number of hydrogen-bond acceptors (Lipinski definition) is 3. The quantitative estimate of drug-likeness (QED) is 0.776. The lowest BCUT2D eigenvalue weighted by atomic mass is 10.1. The van der Waals surface area contributed by atoms with Crippen LogP contribution in [0, 0.1) is 6.92 Å². The van der Waals surface area contributed by atoms with Gasteiger partial charge in [-0.05, 0) is 44.2 Å². The summed E-state index contributed by atoms with van der Waals surface area (Å²) >= 11 is 0. The molecular formula is C19H19F3N2O3S. The summed E-state index contributed by atoms with van der Waals surface area (Å²) < 4.78 is 65.7. The van der Waals surface area contributed by atoms with Crippen LogP contribution in [0.2, 0.25) is 0 Å². The Labute approximate surface area is 161 Å². The summed E-state index contributed by atoms with van der Waals surface area (Å²) in [5, 5.41) is 0. The second-order valence-corrected chi connectivity index (χ2v) is 8.53. The lowest BCUT2D eigenvalue weighted by Crippen LogP contribution is -2.57. The third-order valence-corrected chi connectivity index (χ3v) is 6.70. The minimum absolute atomic E-state index is 0.0145. The number of alkyl halides is 3. The zero-order valence-corrected chi connectivity index (χ0v) is 16.1. The Morgan fingerprint density at radius 3 is 2.29 bits per heavy atom. The van der Waals surface area contributed by atoms with E-state index in [1.165, 1.54) is 36.1 Å². The van der Waals surface area contributed by atoms with Crippen LogP contribution in [0.15, 0.2) is 53.4 Å². The molecule has 5 nitrogen and oxygen atoms in total. The van der Waals surface area contributed by atoms with Gasteiger partial charge in [0.25, 0.3) is 0 Å². The summed E-state index contributed by atoms with van der Waals surface area (Å²) in [6.07, 6.45) is -4.53. The van der Waals surface area contributed by atoms with Gasteiger partial charge in [0.15, 0.2) is 0 Å². The number of benzene rings is 2. The molecule has 0 N–H and O–H groups in total. The topological polar surface area (TPSA) is 57.7 Å². The smallest absolute Gasteiger partial charge is 0.310 e. The van der Waals surface area contributed by atoms with E-state index in [1.807, 2.05) is 6.92 Å². The lowest BCUT2D eigenvalue weighted by Gasteiger charge is -2.38. The standard InChI is InChI=1S/C19H19F3N2O3S/c1-13-6-8-17(9-7-13)28(26,27)24-11-10-23(18(25)14(24)2)16-5-3-4-15(12-16)19(20,21)22/h3-9,12,14H,10-11H2,1-2H3. The molecule has 28 heavy (non-hydrogen) atoms. The van der Waals surface area contributed by atoms with Crippen LogP contribution in [0.5, 0.6) is 0 Å². The van der Waals surface area contributed by atoms with Crippen molar-refractivity contribution in [1.29, 1.82) is 0 Å². The Balaban J connectivity index is 1.87. The largest absolute Gasteiger partial charge is 0.416 e. The van der Waals surface area contributed by atoms with Gasteiger partial charge in [-0.1, -0.05) is 23.8 Å². The molecule has 2 aromatic carbocycles. The average Bonchev–Trinajstić information content (AvgIpc) is 2.63. The van der Waals surface area contributed by atoms with Crippen molar-refractivity contribution in [3.8, 4) is 0 Å². The van der Waals surface area contributed by atoms with E-state index in [9.17, 15) is 26.4 Å². The van der Waals surface area contributed by atoms with Gasteiger partial charge in [-0.2, -0.15) is 17.5 Å². The van der Waals surface area contributed by atoms with Crippen molar-refractivity contribution in [2.24, 2.45) is 0 Å². The first-order chi connectivity index (χ1) is 13.0. The molecule has 0 bridgehead atoms. The van der Waals surface area contributed by atoms with Crippen molar-refractivity contribution in [3.05, 3.63) is 59.7 Å². The highest BCUT2D eigenvalue weighted by atomic mass is 32.2. The molecule has 1 aliphatic rings. The van der Waals surface area contributed by atoms with Gasteiger partial charge >= 0.3 is 6.18 Å². The maximum atomic E-state index is 13.0. The predicted molar refractivity (Wildman–Crippen MR) is 98.3 cm³/mol. The van der Waals surface area contributed by atoms with Crippen LogP contribution in [0.25, 0.3) is 0 Å². The number of nitrogens with zero attached hydrogens (tertiary/aromatic N) is 2. The first kappa shape index (κ1) is 20.3. The maximum Gasteiger partial charge on any atom is 0.416 e. The van der Waals surface area contributed by atoms with E-state index in [0.29, 0.717) is 0 Å². The summed E-state index contributed by atoms with van der Waals surface area (Å²) in [7, 11) is -3.89. The van der Waals surface area contributed by atoms with E-state index < -0.39 is 33.7 Å². The summed E-state index contributed by atoms with van der Waals surface area (Å²) in [6.45, 7) is 3.22. The number of amides is 1. The Kier molecular flexibility index (Phi) is 5.24. The van der Waals surface area contributed by atoms with E-state index in [0.717, 1.165) is 22.0 Å². The van der Waals surface area contributed by atoms with Crippen molar-refractivity contribution >= 4 is 21.6 Å². The van der Waals surface area contributed by atoms with Crippen LogP contribution < -0.4 is 4.90 Å². The zero-order valence-electron chi connectivity index (χ0n) is 15.3. The number of piperazine rings is 1. The second kappa shape index (κ2) is 7.21. The van der Waals surface area contributed by atoms with E-state index in [2.05, 4.69) is 0 Å². The molecule has 0 spiro atoms. The molecule has 1 amide bonds. The molecule has 1 saturated heterocycles. The molecular weight excluding hydrogens is 393 g/mol. The van der Waals surface area contributed by atoms with Gasteiger partial charge in [-0.3, -0.25) is 4.79 Å². The molecule has 1 fully saturated rings. The SMILES string of the molecule is Cc1ccc(S(=O)(=O)N2CCN(c3cccc(C(F)(F)F)c3)C(=O)C2C)cc1. The van der Waals surface area contributed by atoms with Crippen molar-refractivity contribution in [2.45, 2.75) is 31.0 Å². The highest BCUT2D eigenvalue weighted by Gasteiger charge is 2.40. The van der Waals surface area contributed by atoms with Crippen molar-refractivity contribution < 1.29 is 26.4 Å². The Hall–Kier alpha value is -2.39. The van der Waals surface area contributed by atoms with Crippen molar-refractivity contribution in [2.75, 3.05) is 18.0 Å². The maximum absolute atomic E-state index is 13.0. The number of carbonyl (C=O) groups excluding carboxylic acids is 1. The Bertz CT molecular complexity index is 988. The van der Waals surface area contributed by atoms with Crippen molar-refractivity contribution in [1.82, 2.24) is 4.31 Å². The minimum atomic E-state index is -4.53. The Morgan fingerprint density at radius 2 is 1.68 bits per heavy atom. The number of hydrogen-bond donors (Lipinski definition) is 0. The number of rotatable bonds is 3. The number of carbonyl (C=O) groups is 1. The van der Waals surface area contributed by atoms with Crippen LogP contribution in [0.3, 0.4) is 0 Å². The molecule has 1 aliphatic heterocycles. The number of sulfonamides is 1. The van der Waals surface area contributed by atoms with E-state index in [1.54, 1.807) is 12.1 Å². The first-order valence-electron chi connectivity index (χ1n) is 8.59. The van der Waals surface area contributed by atoms with Gasteiger partial charge in [-0.15, -0.1) is 0 Å². The summed E-state index contributed by atoms with van der Waals surface area (Å²) in [4.78, 5) is 14.0. The van der Waals surface area contributed by atoms with E-state index in [4.69, 9.17) is 0 Å². The minimum Gasteiger partial charge on any atom is -0.310 e. The first-order valence-corrected chi connectivity index (χ1v) is 10.0.